The van der Waals surface area contributed by atoms with Crippen LogP contribution in [-0.4, -0.2) is 60.8 Å². The first-order chi connectivity index (χ1) is 18.1. The van der Waals surface area contributed by atoms with Gasteiger partial charge < -0.3 is 15.4 Å². The SMILES string of the molecule is CN(c1cc(C=CC2CC2)cc(C(=O)N[C@@H](Cc2ccccc2)[C@@H](O)C(=O)Nc2ncc[nH]2)c1)S(C)(=O)=O. The van der Waals surface area contributed by atoms with Crippen LogP contribution in [0.15, 0.2) is 67.0 Å². The first kappa shape index (κ1) is 27.1. The Morgan fingerprint density at radius 1 is 1.21 bits per heavy atom. The fourth-order valence-electron chi connectivity index (χ4n) is 3.84. The van der Waals surface area contributed by atoms with Crippen molar-refractivity contribution in [1.29, 1.82) is 0 Å². The zero-order valence-electron chi connectivity index (χ0n) is 21.2. The van der Waals surface area contributed by atoms with Crippen LogP contribution in [-0.2, 0) is 21.2 Å². The van der Waals surface area contributed by atoms with Gasteiger partial charge >= 0.3 is 0 Å². The minimum Gasteiger partial charge on any atom is -0.381 e. The molecule has 0 radical (unpaired) electrons. The Hall–Kier alpha value is -3.96. The molecule has 2 atom stereocenters. The summed E-state index contributed by atoms with van der Waals surface area (Å²) in [4.78, 5) is 32.9. The Labute approximate surface area is 221 Å². The standard InChI is InChI=1S/C27H31N5O5S/c1-32(38(2,36)37)22-15-20(11-10-18-8-9-18)14-21(17-22)25(34)30-23(16-19-6-4-3-5-7-19)24(33)26(35)31-27-28-12-13-29-27/h3-7,10-15,17-18,23-24,33H,8-9,16H2,1-2H3,(H,30,34)(H2,28,29,31,35)/t23-,24+/m0/s1. The Bertz CT molecular complexity index is 1400. The molecule has 1 fully saturated rings. The summed E-state index contributed by atoms with van der Waals surface area (Å²) in [6.07, 6.45) is 8.78. The summed E-state index contributed by atoms with van der Waals surface area (Å²) in [5.74, 6) is -0.635. The number of aliphatic hydroxyl groups is 1. The number of H-pyrrole nitrogens is 1. The number of allylic oxidation sites excluding steroid dienone is 1. The van der Waals surface area contributed by atoms with Crippen LogP contribution >= 0.6 is 0 Å². The number of benzene rings is 2. The third-order valence-corrected chi connectivity index (χ3v) is 7.46. The highest BCUT2D eigenvalue weighted by molar-refractivity contribution is 7.92. The third-order valence-electron chi connectivity index (χ3n) is 6.25. The van der Waals surface area contributed by atoms with E-state index in [1.165, 1.54) is 25.5 Å². The highest BCUT2D eigenvalue weighted by atomic mass is 32.2. The van der Waals surface area contributed by atoms with Crippen LogP contribution in [0.5, 0.6) is 0 Å². The maximum Gasteiger partial charge on any atom is 0.257 e. The molecule has 11 heteroatoms. The number of aliphatic hydroxyl groups excluding tert-OH is 1. The first-order valence-electron chi connectivity index (χ1n) is 12.2. The Balaban J connectivity index is 1.61. The normalized spacial score (nSPS) is 15.1. The van der Waals surface area contributed by atoms with Gasteiger partial charge in [-0.05, 0) is 54.5 Å². The number of hydrogen-bond donors (Lipinski definition) is 4. The topological polar surface area (TPSA) is 144 Å². The average Bonchev–Trinajstić information content (AvgIpc) is 3.59. The molecular weight excluding hydrogens is 506 g/mol. The second-order valence-corrected chi connectivity index (χ2v) is 11.4. The van der Waals surface area contributed by atoms with E-state index >= 15 is 0 Å². The van der Waals surface area contributed by atoms with E-state index in [-0.39, 0.29) is 17.9 Å². The van der Waals surface area contributed by atoms with E-state index in [0.717, 1.165) is 29.0 Å². The quantitative estimate of drug-likeness (QED) is 0.296. The van der Waals surface area contributed by atoms with Crippen molar-refractivity contribution in [2.45, 2.75) is 31.4 Å². The third kappa shape index (κ3) is 7.30. The summed E-state index contributed by atoms with van der Waals surface area (Å²) in [7, 11) is -2.15. The second kappa shape index (κ2) is 11.6. The van der Waals surface area contributed by atoms with Crippen LogP contribution in [0.1, 0.15) is 34.3 Å². The van der Waals surface area contributed by atoms with E-state index in [9.17, 15) is 23.1 Å². The van der Waals surface area contributed by atoms with Crippen molar-refractivity contribution >= 4 is 39.5 Å². The Morgan fingerprint density at radius 2 is 1.95 bits per heavy atom. The van der Waals surface area contributed by atoms with E-state index in [1.54, 1.807) is 12.1 Å². The lowest BCUT2D eigenvalue weighted by Gasteiger charge is -2.24. The van der Waals surface area contributed by atoms with Crippen LogP contribution in [0.4, 0.5) is 11.6 Å². The maximum absolute atomic E-state index is 13.5. The molecule has 200 valence electrons. The Kier molecular flexibility index (Phi) is 8.28. The van der Waals surface area contributed by atoms with Gasteiger partial charge in [-0.15, -0.1) is 0 Å². The minimum absolute atomic E-state index is 0.169. The molecule has 0 unspecified atom stereocenters. The second-order valence-electron chi connectivity index (χ2n) is 9.38. The van der Waals surface area contributed by atoms with Gasteiger partial charge in [0.2, 0.25) is 16.0 Å². The van der Waals surface area contributed by atoms with E-state index < -0.39 is 34.0 Å². The molecule has 0 bridgehead atoms. The molecule has 2 aromatic carbocycles. The number of carbonyl (C=O) groups excluding carboxylic acids is 2. The molecule has 3 aromatic rings. The number of nitrogens with zero attached hydrogens (tertiary/aromatic N) is 2. The predicted molar refractivity (Wildman–Crippen MR) is 146 cm³/mol. The highest BCUT2D eigenvalue weighted by Gasteiger charge is 2.29. The molecule has 1 saturated carbocycles. The number of carbonyl (C=O) groups is 2. The molecule has 1 aliphatic carbocycles. The molecule has 38 heavy (non-hydrogen) atoms. The van der Waals surface area contributed by atoms with Crippen molar-refractivity contribution in [2.75, 3.05) is 22.9 Å². The van der Waals surface area contributed by atoms with Gasteiger partial charge in [-0.25, -0.2) is 13.4 Å². The van der Waals surface area contributed by atoms with Crippen molar-refractivity contribution in [2.24, 2.45) is 5.92 Å². The average molecular weight is 538 g/mol. The van der Waals surface area contributed by atoms with Crippen LogP contribution < -0.4 is 14.9 Å². The van der Waals surface area contributed by atoms with Crippen LogP contribution in [0, 0.1) is 5.92 Å². The van der Waals surface area contributed by atoms with Crippen molar-refractivity contribution in [3.8, 4) is 0 Å². The monoisotopic (exact) mass is 537 g/mol. The number of imidazole rings is 1. The summed E-state index contributed by atoms with van der Waals surface area (Å²) in [5.41, 5.74) is 2.00. The van der Waals surface area contributed by atoms with Gasteiger partial charge in [-0.2, -0.15) is 0 Å². The molecule has 1 aromatic heterocycles. The number of nitrogens with one attached hydrogen (secondary N) is 3. The number of amides is 2. The molecule has 1 aliphatic rings. The van der Waals surface area contributed by atoms with Crippen molar-refractivity contribution in [3.63, 3.8) is 0 Å². The van der Waals surface area contributed by atoms with Crippen molar-refractivity contribution in [3.05, 3.63) is 83.7 Å². The molecular formula is C27H31N5O5S. The minimum atomic E-state index is -3.57. The number of hydrogen-bond acceptors (Lipinski definition) is 6. The van der Waals surface area contributed by atoms with Crippen LogP contribution in [0.25, 0.3) is 6.08 Å². The summed E-state index contributed by atoms with van der Waals surface area (Å²) < 4.78 is 25.5. The number of aromatic nitrogens is 2. The highest BCUT2D eigenvalue weighted by Crippen LogP contribution is 2.31. The number of anilines is 2. The fraction of sp³-hybridized carbons (Fsp3) is 0.296. The molecule has 4 rings (SSSR count). The molecule has 2 amide bonds. The number of sulfonamides is 1. The van der Waals surface area contributed by atoms with Gasteiger partial charge in [0, 0.05) is 25.0 Å². The zero-order chi connectivity index (χ0) is 27.3. The van der Waals surface area contributed by atoms with Crippen LogP contribution in [0.3, 0.4) is 0 Å². The van der Waals surface area contributed by atoms with Gasteiger partial charge in [0.25, 0.3) is 11.8 Å². The molecule has 0 spiro atoms. The smallest absolute Gasteiger partial charge is 0.257 e. The predicted octanol–water partition coefficient (Wildman–Crippen LogP) is 2.57. The Morgan fingerprint density at radius 3 is 2.58 bits per heavy atom. The van der Waals surface area contributed by atoms with Crippen molar-refractivity contribution in [1.82, 2.24) is 15.3 Å². The lowest BCUT2D eigenvalue weighted by atomic mass is 9.99. The van der Waals surface area contributed by atoms with Crippen molar-refractivity contribution < 1.29 is 23.1 Å². The van der Waals surface area contributed by atoms with E-state index in [2.05, 4.69) is 20.6 Å². The lowest BCUT2D eigenvalue weighted by Crippen LogP contribution is -2.50. The molecule has 1 heterocycles. The van der Waals surface area contributed by atoms with E-state index in [0.29, 0.717) is 17.2 Å². The molecule has 4 N–H and O–H groups in total. The van der Waals surface area contributed by atoms with Gasteiger partial charge in [0.1, 0.15) is 0 Å². The molecule has 10 nitrogen and oxygen atoms in total. The van der Waals surface area contributed by atoms with E-state index in [4.69, 9.17) is 0 Å². The lowest BCUT2D eigenvalue weighted by molar-refractivity contribution is -0.125. The van der Waals surface area contributed by atoms with Gasteiger partial charge in [0.15, 0.2) is 6.10 Å². The fourth-order valence-corrected chi connectivity index (χ4v) is 4.33. The summed E-state index contributed by atoms with van der Waals surface area (Å²) in [6.45, 7) is 0. The maximum atomic E-state index is 13.5. The molecule has 0 saturated heterocycles. The molecule has 0 aliphatic heterocycles. The first-order valence-corrected chi connectivity index (χ1v) is 14.1. The van der Waals surface area contributed by atoms with Gasteiger partial charge in [0.05, 0.1) is 18.0 Å². The largest absolute Gasteiger partial charge is 0.381 e. The number of aromatic amines is 1. The summed E-state index contributed by atoms with van der Waals surface area (Å²) in [5, 5.41) is 16.2. The zero-order valence-corrected chi connectivity index (χ0v) is 22.0. The van der Waals surface area contributed by atoms with Gasteiger partial charge in [-0.3, -0.25) is 19.2 Å². The summed E-state index contributed by atoms with van der Waals surface area (Å²) >= 11 is 0. The van der Waals surface area contributed by atoms with E-state index in [1.807, 2.05) is 42.5 Å². The van der Waals surface area contributed by atoms with Gasteiger partial charge in [-0.1, -0.05) is 42.5 Å². The van der Waals surface area contributed by atoms with Crippen LogP contribution in [0.2, 0.25) is 0 Å². The number of rotatable bonds is 11. The summed E-state index contributed by atoms with van der Waals surface area (Å²) in [6, 6.07) is 13.0.